The van der Waals surface area contributed by atoms with Gasteiger partial charge >= 0.3 is 0 Å². The van der Waals surface area contributed by atoms with Crippen LogP contribution in [0.5, 0.6) is 0 Å². The van der Waals surface area contributed by atoms with Crippen molar-refractivity contribution in [3.8, 4) is 0 Å². The Morgan fingerprint density at radius 3 is 2.10 bits per heavy atom. The normalized spacial score (nSPS) is 11.5. The van der Waals surface area contributed by atoms with Crippen LogP contribution in [0.4, 0.5) is 0 Å². The average Bonchev–Trinajstić information content (AvgIpc) is 2.48. The molecule has 2 aromatic carbocycles. The zero-order chi connectivity index (χ0) is 15.3. The lowest BCUT2D eigenvalue weighted by molar-refractivity contribution is 0.581. The average molecular weight is 389 g/mol. The highest BCUT2D eigenvalue weighted by molar-refractivity contribution is 9.10. The van der Waals surface area contributed by atoms with E-state index < -0.39 is 10.0 Å². The molecule has 0 spiro atoms. The Hall–Kier alpha value is -0.880. The maximum atomic E-state index is 12.2. The van der Waals surface area contributed by atoms with Crippen molar-refractivity contribution < 1.29 is 8.42 Å². The molecule has 21 heavy (non-hydrogen) atoms. The molecule has 0 aromatic heterocycles. The predicted molar refractivity (Wildman–Crippen MR) is 89.0 cm³/mol. The van der Waals surface area contributed by atoms with Crippen LogP contribution in [-0.2, 0) is 23.0 Å². The van der Waals surface area contributed by atoms with Gasteiger partial charge in [-0.3, -0.25) is 0 Å². The van der Waals surface area contributed by atoms with Crippen molar-refractivity contribution in [1.29, 1.82) is 0 Å². The molecule has 0 atom stereocenters. The third-order valence-corrected chi connectivity index (χ3v) is 5.13. The van der Waals surface area contributed by atoms with Crippen molar-refractivity contribution in [1.82, 2.24) is 4.72 Å². The maximum Gasteiger partial charge on any atom is 0.240 e. The molecule has 3 nitrogen and oxygen atoms in total. The van der Waals surface area contributed by atoms with Gasteiger partial charge in [-0.15, -0.1) is 11.6 Å². The lowest BCUT2D eigenvalue weighted by Gasteiger charge is -2.08. The fraction of sp³-hybridized carbons (Fsp3) is 0.200. The minimum absolute atomic E-state index is 0.262. The largest absolute Gasteiger partial charge is 0.240 e. The van der Waals surface area contributed by atoms with Gasteiger partial charge in [0, 0.05) is 16.9 Å². The van der Waals surface area contributed by atoms with Crippen molar-refractivity contribution in [3.63, 3.8) is 0 Å². The molecular formula is C15H15BrClNO2S. The Morgan fingerprint density at radius 2 is 1.52 bits per heavy atom. The fourth-order valence-corrected chi connectivity index (χ4v) is 3.31. The summed E-state index contributed by atoms with van der Waals surface area (Å²) in [6.45, 7) is 0.263. The number of halogens is 2. The van der Waals surface area contributed by atoms with Crippen molar-refractivity contribution in [2.75, 3.05) is 5.88 Å². The highest BCUT2D eigenvalue weighted by Crippen LogP contribution is 2.13. The topological polar surface area (TPSA) is 46.2 Å². The summed E-state index contributed by atoms with van der Waals surface area (Å²) >= 11 is 9.00. The van der Waals surface area contributed by atoms with Gasteiger partial charge in [0.2, 0.25) is 10.0 Å². The number of nitrogens with one attached hydrogen (secondary N) is 1. The van der Waals surface area contributed by atoms with E-state index in [-0.39, 0.29) is 11.4 Å². The van der Waals surface area contributed by atoms with E-state index in [4.69, 9.17) is 11.6 Å². The summed E-state index contributed by atoms with van der Waals surface area (Å²) in [6, 6.07) is 14.3. The van der Waals surface area contributed by atoms with Gasteiger partial charge < -0.3 is 0 Å². The van der Waals surface area contributed by atoms with Crippen LogP contribution in [0.3, 0.4) is 0 Å². The van der Waals surface area contributed by atoms with E-state index in [1.165, 1.54) is 0 Å². The summed E-state index contributed by atoms with van der Waals surface area (Å²) in [6.07, 6.45) is 0.730. The number of hydrogen-bond donors (Lipinski definition) is 1. The molecule has 1 N–H and O–H groups in total. The zero-order valence-corrected chi connectivity index (χ0v) is 14.4. The summed E-state index contributed by atoms with van der Waals surface area (Å²) in [4.78, 5) is 0.262. The Kier molecular flexibility index (Phi) is 5.81. The smallest absolute Gasteiger partial charge is 0.207 e. The molecule has 0 unspecified atom stereocenters. The summed E-state index contributed by atoms with van der Waals surface area (Å²) in [5, 5.41) is 0. The molecule has 0 aliphatic carbocycles. The lowest BCUT2D eigenvalue weighted by atomic mass is 10.2. The molecule has 112 valence electrons. The van der Waals surface area contributed by atoms with Crippen molar-refractivity contribution in [2.45, 2.75) is 17.9 Å². The summed E-state index contributed by atoms with van der Waals surface area (Å²) in [7, 11) is -3.50. The second-order valence-corrected chi connectivity index (χ2v) is 7.59. The molecule has 0 amide bonds. The van der Waals surface area contributed by atoms with E-state index in [9.17, 15) is 8.42 Å². The number of sulfonamides is 1. The maximum absolute atomic E-state index is 12.2. The van der Waals surface area contributed by atoms with Gasteiger partial charge in [0.1, 0.15) is 0 Å². The first-order valence-corrected chi connectivity index (χ1v) is 9.21. The van der Waals surface area contributed by atoms with Gasteiger partial charge in [-0.05, 0) is 41.8 Å². The van der Waals surface area contributed by atoms with E-state index in [0.29, 0.717) is 5.88 Å². The van der Waals surface area contributed by atoms with Crippen LogP contribution in [0.25, 0.3) is 0 Å². The van der Waals surface area contributed by atoms with E-state index in [1.54, 1.807) is 24.3 Å². The van der Waals surface area contributed by atoms with Crippen LogP contribution in [0, 0.1) is 0 Å². The fourth-order valence-electron chi connectivity index (χ4n) is 1.81. The zero-order valence-electron chi connectivity index (χ0n) is 11.2. The Morgan fingerprint density at radius 1 is 0.952 bits per heavy atom. The van der Waals surface area contributed by atoms with Crippen molar-refractivity contribution in [2.24, 2.45) is 0 Å². The number of alkyl halides is 1. The number of benzene rings is 2. The van der Waals surface area contributed by atoms with Crippen molar-refractivity contribution >= 4 is 37.6 Å². The number of hydrogen-bond acceptors (Lipinski definition) is 2. The summed E-state index contributed by atoms with van der Waals surface area (Å²) in [5.74, 6) is 0.522. The van der Waals surface area contributed by atoms with Gasteiger partial charge in [0.05, 0.1) is 4.90 Å². The molecule has 2 aromatic rings. The molecule has 0 aliphatic rings. The highest BCUT2D eigenvalue weighted by Gasteiger charge is 2.13. The second kappa shape index (κ2) is 7.40. The number of aryl methyl sites for hydroxylation is 1. The van der Waals surface area contributed by atoms with Gasteiger partial charge in [-0.2, -0.15) is 0 Å². The predicted octanol–water partition coefficient (Wildman–Crippen LogP) is 3.71. The van der Waals surface area contributed by atoms with Gasteiger partial charge in [0.25, 0.3) is 0 Å². The first-order chi connectivity index (χ1) is 10.0. The molecule has 0 radical (unpaired) electrons. The third-order valence-electron chi connectivity index (χ3n) is 3.00. The monoisotopic (exact) mass is 387 g/mol. The second-order valence-electron chi connectivity index (χ2n) is 4.53. The van der Waals surface area contributed by atoms with Crippen LogP contribution in [0.1, 0.15) is 11.1 Å². The van der Waals surface area contributed by atoms with Gasteiger partial charge in [-0.25, -0.2) is 13.1 Å². The van der Waals surface area contributed by atoms with Crippen LogP contribution in [0.2, 0.25) is 0 Å². The first-order valence-electron chi connectivity index (χ1n) is 6.40. The van der Waals surface area contributed by atoms with Gasteiger partial charge in [-0.1, -0.05) is 40.2 Å². The van der Waals surface area contributed by atoms with E-state index in [0.717, 1.165) is 22.0 Å². The van der Waals surface area contributed by atoms with Crippen LogP contribution in [0.15, 0.2) is 57.9 Å². The molecule has 0 fully saturated rings. The lowest BCUT2D eigenvalue weighted by Crippen LogP contribution is -2.23. The van der Waals surface area contributed by atoms with E-state index in [2.05, 4.69) is 20.7 Å². The Labute approximate surface area is 138 Å². The van der Waals surface area contributed by atoms with E-state index >= 15 is 0 Å². The third kappa shape index (κ3) is 4.81. The summed E-state index contributed by atoms with van der Waals surface area (Å²) < 4.78 is 27.9. The van der Waals surface area contributed by atoms with Crippen LogP contribution < -0.4 is 4.72 Å². The first kappa shape index (κ1) is 16.5. The molecule has 6 heteroatoms. The number of rotatable bonds is 6. The minimum atomic E-state index is -3.50. The summed E-state index contributed by atoms with van der Waals surface area (Å²) in [5.41, 5.74) is 1.93. The van der Waals surface area contributed by atoms with Gasteiger partial charge in [0.15, 0.2) is 0 Å². The molecule has 0 heterocycles. The van der Waals surface area contributed by atoms with Crippen LogP contribution in [-0.4, -0.2) is 14.3 Å². The highest BCUT2D eigenvalue weighted by atomic mass is 79.9. The standard InChI is InChI=1S/C15H15BrClNO2S/c16-14-5-1-13(2-6-14)11-18-21(19,20)15-7-3-12(4-8-15)9-10-17/h1-8,18H,9-11H2. The molecule has 0 aliphatic heterocycles. The Balaban J connectivity index is 2.05. The van der Waals surface area contributed by atoms with E-state index in [1.807, 2.05) is 24.3 Å². The minimum Gasteiger partial charge on any atom is -0.207 e. The Bertz CT molecular complexity index is 685. The molecule has 0 saturated carbocycles. The SMILES string of the molecule is O=S(=O)(NCc1ccc(Br)cc1)c1ccc(CCCl)cc1. The quantitative estimate of drug-likeness (QED) is 0.767. The molecule has 2 rings (SSSR count). The van der Waals surface area contributed by atoms with Crippen molar-refractivity contribution in [3.05, 3.63) is 64.1 Å². The van der Waals surface area contributed by atoms with Crippen LogP contribution >= 0.6 is 27.5 Å². The molecule has 0 saturated heterocycles. The molecular weight excluding hydrogens is 374 g/mol. The molecule has 0 bridgehead atoms.